The molecule has 0 saturated heterocycles. The second-order valence-electron chi connectivity index (χ2n) is 3.75. The van der Waals surface area contributed by atoms with E-state index in [1.54, 1.807) is 0 Å². The molecule has 6 heteroatoms. The van der Waals surface area contributed by atoms with Crippen LogP contribution in [0, 0.1) is 0 Å². The number of hydrogen-bond acceptors (Lipinski definition) is 6. The highest BCUT2D eigenvalue weighted by Crippen LogP contribution is 2.25. The number of aliphatic hydroxyl groups is 3. The molecule has 18 heavy (non-hydrogen) atoms. The summed E-state index contributed by atoms with van der Waals surface area (Å²) < 4.78 is 4.66. The van der Waals surface area contributed by atoms with E-state index in [1.807, 2.05) is 30.3 Å². The van der Waals surface area contributed by atoms with Gasteiger partial charge in [-0.3, -0.25) is 0 Å². The predicted octanol–water partition coefficient (Wildman–Crippen LogP) is 1.39. The van der Waals surface area contributed by atoms with Crippen LogP contribution in [0.2, 0.25) is 0 Å². The maximum absolute atomic E-state index is 11.0. The molecule has 2 atom stereocenters. The number of benzene rings is 1. The number of carbonyl (C=O) groups excluding carboxylic acids is 1. The first-order chi connectivity index (χ1) is 8.59. The zero-order valence-electron chi connectivity index (χ0n) is 9.31. The molecule has 3 N–H and O–H groups in total. The van der Waals surface area contributed by atoms with E-state index < -0.39 is 29.7 Å². The van der Waals surface area contributed by atoms with E-state index in [4.69, 9.17) is 5.11 Å². The van der Waals surface area contributed by atoms with Crippen molar-refractivity contribution in [2.75, 3.05) is 5.75 Å². The average Bonchev–Trinajstić information content (AvgIpc) is 2.65. The number of aliphatic hydroxyl groups excluding tert-OH is 3. The van der Waals surface area contributed by atoms with E-state index in [0.29, 0.717) is 0 Å². The molecule has 2 unspecified atom stereocenters. The first-order valence-corrected chi connectivity index (χ1v) is 6.27. The largest absolute Gasteiger partial charge is 0.505 e. The van der Waals surface area contributed by atoms with Gasteiger partial charge in [0.1, 0.15) is 6.10 Å². The van der Waals surface area contributed by atoms with Crippen LogP contribution in [0.1, 0.15) is 0 Å². The van der Waals surface area contributed by atoms with Gasteiger partial charge < -0.3 is 20.1 Å². The highest BCUT2D eigenvalue weighted by Gasteiger charge is 2.39. The van der Waals surface area contributed by atoms with Crippen LogP contribution < -0.4 is 0 Å². The Kier molecular flexibility index (Phi) is 3.78. The Morgan fingerprint density at radius 1 is 1.28 bits per heavy atom. The van der Waals surface area contributed by atoms with Gasteiger partial charge in [-0.25, -0.2) is 4.79 Å². The van der Waals surface area contributed by atoms with E-state index >= 15 is 0 Å². The molecule has 0 bridgehead atoms. The summed E-state index contributed by atoms with van der Waals surface area (Å²) in [4.78, 5) is 11.9. The van der Waals surface area contributed by atoms with E-state index in [9.17, 15) is 15.0 Å². The molecule has 0 radical (unpaired) electrons. The van der Waals surface area contributed by atoms with Crippen LogP contribution in [0.15, 0.2) is 46.7 Å². The lowest BCUT2D eigenvalue weighted by Gasteiger charge is -2.16. The summed E-state index contributed by atoms with van der Waals surface area (Å²) in [5.74, 6) is -2.22. The highest BCUT2D eigenvalue weighted by molar-refractivity contribution is 7.99. The third-order valence-electron chi connectivity index (χ3n) is 2.45. The third kappa shape index (κ3) is 2.60. The molecule has 5 nitrogen and oxygen atoms in total. The van der Waals surface area contributed by atoms with Gasteiger partial charge in [0.15, 0.2) is 11.9 Å². The lowest BCUT2D eigenvalue weighted by Crippen LogP contribution is -2.30. The number of ether oxygens (including phenoxy) is 1. The van der Waals surface area contributed by atoms with Crippen molar-refractivity contribution in [2.45, 2.75) is 17.1 Å². The number of esters is 1. The van der Waals surface area contributed by atoms with Crippen LogP contribution in [0.4, 0.5) is 0 Å². The van der Waals surface area contributed by atoms with Gasteiger partial charge in [0.2, 0.25) is 5.76 Å². The second-order valence-corrected chi connectivity index (χ2v) is 4.84. The van der Waals surface area contributed by atoms with Crippen molar-refractivity contribution in [3.63, 3.8) is 0 Å². The molecule has 1 aliphatic heterocycles. The number of hydrogen-bond donors (Lipinski definition) is 3. The molecule has 2 rings (SSSR count). The summed E-state index contributed by atoms with van der Waals surface area (Å²) >= 11 is 1.36. The number of carbonyl (C=O) groups is 1. The predicted molar refractivity (Wildman–Crippen MR) is 65.3 cm³/mol. The molecule has 0 fully saturated rings. The lowest BCUT2D eigenvalue weighted by molar-refractivity contribution is -0.146. The Labute approximate surface area is 108 Å². The molecule has 1 aliphatic rings. The van der Waals surface area contributed by atoms with Gasteiger partial charge in [0.25, 0.3) is 0 Å². The topological polar surface area (TPSA) is 87.0 Å². The van der Waals surface area contributed by atoms with Crippen molar-refractivity contribution in [2.24, 2.45) is 0 Å². The van der Waals surface area contributed by atoms with Crippen LogP contribution in [0.25, 0.3) is 0 Å². The van der Waals surface area contributed by atoms with Crippen molar-refractivity contribution in [1.29, 1.82) is 0 Å². The standard InChI is InChI=1S/C12H12O5S/c13-8(6-18-7-4-2-1-3-5-7)11-9(14)10(15)12(16)17-11/h1-5,8,11,13-15H,6H2. The minimum absolute atomic E-state index is 0.235. The van der Waals surface area contributed by atoms with Crippen LogP contribution in [0.5, 0.6) is 0 Å². The highest BCUT2D eigenvalue weighted by atomic mass is 32.2. The van der Waals surface area contributed by atoms with Crippen molar-refractivity contribution in [3.8, 4) is 0 Å². The van der Waals surface area contributed by atoms with Gasteiger partial charge in [-0.05, 0) is 12.1 Å². The Balaban J connectivity index is 1.94. The number of cyclic esters (lactones) is 1. The van der Waals surface area contributed by atoms with Crippen LogP contribution in [0.3, 0.4) is 0 Å². The summed E-state index contributed by atoms with van der Waals surface area (Å²) in [6.45, 7) is 0. The first-order valence-electron chi connectivity index (χ1n) is 5.28. The summed E-state index contributed by atoms with van der Waals surface area (Å²) in [5, 5.41) is 28.3. The monoisotopic (exact) mass is 268 g/mol. The Bertz CT molecular complexity index is 471. The van der Waals surface area contributed by atoms with Gasteiger partial charge >= 0.3 is 5.97 Å². The molecule has 0 amide bonds. The SMILES string of the molecule is O=C1OC(C(O)CSc2ccccc2)C(O)=C1O. The molecule has 96 valence electrons. The fourth-order valence-corrected chi connectivity index (χ4v) is 2.40. The molecule has 1 aromatic carbocycles. The molecule has 1 aromatic rings. The molecular formula is C12H12O5S. The summed E-state index contributed by atoms with van der Waals surface area (Å²) in [6.07, 6.45) is -2.27. The molecule has 0 aromatic heterocycles. The Morgan fingerprint density at radius 2 is 1.94 bits per heavy atom. The van der Waals surface area contributed by atoms with Gasteiger partial charge in [-0.15, -0.1) is 11.8 Å². The first kappa shape index (κ1) is 12.8. The molecular weight excluding hydrogens is 256 g/mol. The average molecular weight is 268 g/mol. The fourth-order valence-electron chi connectivity index (χ4n) is 1.51. The second kappa shape index (κ2) is 5.32. The normalized spacial score (nSPS) is 20.9. The third-order valence-corrected chi connectivity index (χ3v) is 3.57. The summed E-state index contributed by atoms with van der Waals surface area (Å²) in [5.41, 5.74) is 0. The Morgan fingerprint density at radius 3 is 2.50 bits per heavy atom. The van der Waals surface area contributed by atoms with Crippen molar-refractivity contribution in [3.05, 3.63) is 41.9 Å². The van der Waals surface area contributed by atoms with E-state index in [0.717, 1.165) is 4.90 Å². The van der Waals surface area contributed by atoms with Crippen molar-refractivity contribution in [1.82, 2.24) is 0 Å². The van der Waals surface area contributed by atoms with Gasteiger partial charge in [-0.1, -0.05) is 18.2 Å². The summed E-state index contributed by atoms with van der Waals surface area (Å²) in [6, 6.07) is 9.38. The molecule has 1 heterocycles. The zero-order valence-corrected chi connectivity index (χ0v) is 10.1. The molecule has 0 aliphatic carbocycles. The minimum atomic E-state index is -1.19. The van der Waals surface area contributed by atoms with Gasteiger partial charge in [-0.2, -0.15) is 0 Å². The van der Waals surface area contributed by atoms with Crippen molar-refractivity contribution >= 4 is 17.7 Å². The minimum Gasteiger partial charge on any atom is -0.505 e. The Hall–Kier alpha value is -1.66. The fraction of sp³-hybridized carbons (Fsp3) is 0.250. The smallest absolute Gasteiger partial charge is 0.377 e. The summed E-state index contributed by atoms with van der Waals surface area (Å²) in [7, 11) is 0. The van der Waals surface area contributed by atoms with Crippen LogP contribution in [-0.2, 0) is 9.53 Å². The zero-order chi connectivity index (χ0) is 13.1. The number of rotatable bonds is 4. The van der Waals surface area contributed by atoms with Crippen LogP contribution >= 0.6 is 11.8 Å². The maximum atomic E-state index is 11.0. The van der Waals surface area contributed by atoms with E-state index in [-0.39, 0.29) is 5.75 Å². The molecule has 0 spiro atoms. The van der Waals surface area contributed by atoms with Crippen LogP contribution in [-0.4, -0.2) is 39.2 Å². The van der Waals surface area contributed by atoms with Crippen molar-refractivity contribution < 1.29 is 24.9 Å². The van der Waals surface area contributed by atoms with E-state index in [2.05, 4.69) is 4.74 Å². The quantitative estimate of drug-likeness (QED) is 0.565. The maximum Gasteiger partial charge on any atom is 0.377 e. The van der Waals surface area contributed by atoms with E-state index in [1.165, 1.54) is 11.8 Å². The molecule has 0 saturated carbocycles. The number of thioether (sulfide) groups is 1. The lowest BCUT2D eigenvalue weighted by atomic mass is 10.2. The van der Waals surface area contributed by atoms with Gasteiger partial charge in [0, 0.05) is 10.6 Å². The van der Waals surface area contributed by atoms with Gasteiger partial charge in [0.05, 0.1) is 0 Å².